The third-order valence-corrected chi connectivity index (χ3v) is 5.20. The van der Waals surface area contributed by atoms with Crippen LogP contribution in [0.2, 0.25) is 0 Å². The van der Waals surface area contributed by atoms with E-state index in [1.807, 2.05) is 19.1 Å². The Kier molecular flexibility index (Phi) is 5.97. The number of nitrogens with zero attached hydrogens (tertiary/aromatic N) is 1. The Morgan fingerprint density at radius 1 is 1.25 bits per heavy atom. The lowest BCUT2D eigenvalue weighted by molar-refractivity contribution is -0.145. The molecule has 0 saturated carbocycles. The van der Waals surface area contributed by atoms with Gasteiger partial charge in [-0.15, -0.1) is 0 Å². The predicted molar refractivity (Wildman–Crippen MR) is 106 cm³/mol. The number of rotatable bonds is 6. The van der Waals surface area contributed by atoms with Crippen LogP contribution in [0.4, 0.5) is 0 Å². The fraction of sp³-hybridized carbons (Fsp3) is 0.409. The summed E-state index contributed by atoms with van der Waals surface area (Å²) in [4.78, 5) is 30.3. The standard InChI is InChI=1S/C22H25NO5/c1-5-11-28-22(25)19-13(2)23-15-7-6-8-16(24)21(15)20(19)14-9-10-17(26-3)18(12-14)27-4/h5,9-10,12,19-20H,1,6-8,11H2,2-4H3/t19?,20-/m1/s1. The van der Waals surface area contributed by atoms with Crippen molar-refractivity contribution in [2.75, 3.05) is 20.8 Å². The maximum Gasteiger partial charge on any atom is 0.315 e. The van der Waals surface area contributed by atoms with Gasteiger partial charge in [0.2, 0.25) is 0 Å². The lowest BCUT2D eigenvalue weighted by Gasteiger charge is -2.34. The summed E-state index contributed by atoms with van der Waals surface area (Å²) in [5, 5.41) is 0. The smallest absolute Gasteiger partial charge is 0.315 e. The molecular formula is C22H25NO5. The fourth-order valence-corrected chi connectivity index (χ4v) is 3.95. The van der Waals surface area contributed by atoms with Crippen molar-refractivity contribution in [3.8, 4) is 11.5 Å². The molecule has 1 aromatic rings. The first-order valence-electron chi connectivity index (χ1n) is 9.32. The van der Waals surface area contributed by atoms with Gasteiger partial charge in [0.15, 0.2) is 17.3 Å². The van der Waals surface area contributed by atoms with Gasteiger partial charge in [-0.2, -0.15) is 0 Å². The maximum absolute atomic E-state index is 12.9. The Hall–Kier alpha value is -2.89. The topological polar surface area (TPSA) is 74.2 Å². The number of esters is 1. The molecule has 0 aromatic heterocycles. The number of carbonyl (C=O) groups excluding carboxylic acids is 2. The van der Waals surface area contributed by atoms with Crippen molar-refractivity contribution in [3.05, 3.63) is 47.7 Å². The van der Waals surface area contributed by atoms with Gasteiger partial charge < -0.3 is 14.2 Å². The quantitative estimate of drug-likeness (QED) is 0.554. The molecule has 148 valence electrons. The van der Waals surface area contributed by atoms with E-state index in [1.54, 1.807) is 20.3 Å². The molecule has 6 nitrogen and oxygen atoms in total. The van der Waals surface area contributed by atoms with Gasteiger partial charge in [0.1, 0.15) is 12.5 Å². The van der Waals surface area contributed by atoms with Crippen LogP contribution in [0.1, 0.15) is 37.7 Å². The number of Topliss-reactive ketones (excluding diaryl/α,β-unsaturated/α-hetero) is 1. The van der Waals surface area contributed by atoms with Gasteiger partial charge >= 0.3 is 5.97 Å². The van der Waals surface area contributed by atoms with Crippen LogP contribution in [-0.2, 0) is 14.3 Å². The highest BCUT2D eigenvalue weighted by atomic mass is 16.5. The van der Waals surface area contributed by atoms with Gasteiger partial charge in [-0.25, -0.2) is 0 Å². The van der Waals surface area contributed by atoms with E-state index in [-0.39, 0.29) is 12.4 Å². The average molecular weight is 383 g/mol. The largest absolute Gasteiger partial charge is 0.493 e. The van der Waals surface area contributed by atoms with E-state index in [2.05, 4.69) is 11.6 Å². The summed E-state index contributed by atoms with van der Waals surface area (Å²) in [5.74, 6) is -0.368. The van der Waals surface area contributed by atoms with Gasteiger partial charge in [0, 0.05) is 29.3 Å². The second kappa shape index (κ2) is 8.42. The van der Waals surface area contributed by atoms with Crippen LogP contribution in [0.3, 0.4) is 0 Å². The highest BCUT2D eigenvalue weighted by Gasteiger charge is 2.43. The average Bonchev–Trinajstić information content (AvgIpc) is 2.70. The zero-order chi connectivity index (χ0) is 20.3. The molecule has 0 fully saturated rings. The number of carbonyl (C=O) groups is 2. The van der Waals surface area contributed by atoms with Gasteiger partial charge in [0.05, 0.1) is 14.2 Å². The number of aliphatic imine (C=N–C) groups is 1. The Morgan fingerprint density at radius 3 is 2.68 bits per heavy atom. The molecule has 0 saturated heterocycles. The zero-order valence-electron chi connectivity index (χ0n) is 16.5. The number of benzene rings is 1. The molecule has 3 rings (SSSR count). The Labute approximate surface area is 164 Å². The highest BCUT2D eigenvalue weighted by molar-refractivity contribution is 6.08. The maximum atomic E-state index is 12.9. The third-order valence-electron chi connectivity index (χ3n) is 5.20. The molecule has 0 N–H and O–H groups in total. The molecule has 1 unspecified atom stereocenters. The van der Waals surface area contributed by atoms with Crippen molar-refractivity contribution >= 4 is 17.5 Å². The third kappa shape index (κ3) is 3.59. The SMILES string of the molecule is C=CCOC(=O)C1C(C)=NC2=C(C(=O)CCC2)[C@@H]1c1ccc(OC)c(OC)c1. The molecule has 1 aliphatic carbocycles. The molecule has 0 amide bonds. The molecular weight excluding hydrogens is 358 g/mol. The lowest BCUT2D eigenvalue weighted by atomic mass is 9.71. The molecule has 2 atom stereocenters. The Balaban J connectivity index is 2.14. The van der Waals surface area contributed by atoms with Crippen LogP contribution >= 0.6 is 0 Å². The first kappa shape index (κ1) is 19.9. The second-order valence-electron chi connectivity index (χ2n) is 6.88. The first-order chi connectivity index (χ1) is 13.5. The number of allylic oxidation sites excluding steroid dienone is 2. The summed E-state index contributed by atoms with van der Waals surface area (Å²) in [7, 11) is 3.12. The minimum Gasteiger partial charge on any atom is -0.493 e. The van der Waals surface area contributed by atoms with Crippen LogP contribution in [0, 0.1) is 5.92 Å². The van der Waals surface area contributed by atoms with Crippen LogP contribution in [0.15, 0.2) is 47.1 Å². The normalized spacial score (nSPS) is 21.5. The number of ketones is 1. The molecule has 0 bridgehead atoms. The molecule has 0 spiro atoms. The van der Waals surface area contributed by atoms with E-state index < -0.39 is 17.8 Å². The molecule has 6 heteroatoms. The van der Waals surface area contributed by atoms with Crippen molar-refractivity contribution in [3.63, 3.8) is 0 Å². The van der Waals surface area contributed by atoms with Crippen molar-refractivity contribution < 1.29 is 23.8 Å². The minimum absolute atomic E-state index is 0.0406. The van der Waals surface area contributed by atoms with E-state index in [1.165, 1.54) is 6.08 Å². The molecule has 28 heavy (non-hydrogen) atoms. The number of methoxy groups -OCH3 is 2. The van der Waals surface area contributed by atoms with E-state index >= 15 is 0 Å². The minimum atomic E-state index is -0.668. The summed E-state index contributed by atoms with van der Waals surface area (Å²) in [6.45, 7) is 5.52. The summed E-state index contributed by atoms with van der Waals surface area (Å²) >= 11 is 0. The molecule has 1 aromatic carbocycles. The van der Waals surface area contributed by atoms with Crippen molar-refractivity contribution in [2.24, 2.45) is 10.9 Å². The molecule has 1 aliphatic heterocycles. The summed E-state index contributed by atoms with van der Waals surface area (Å²) in [6, 6.07) is 5.47. The van der Waals surface area contributed by atoms with E-state index in [9.17, 15) is 9.59 Å². The Bertz CT molecular complexity index is 868. The van der Waals surface area contributed by atoms with Gasteiger partial charge in [-0.05, 0) is 37.5 Å². The first-order valence-corrected chi connectivity index (χ1v) is 9.32. The second-order valence-corrected chi connectivity index (χ2v) is 6.88. The number of ether oxygens (including phenoxy) is 3. The summed E-state index contributed by atoms with van der Waals surface area (Å²) in [6.07, 6.45) is 3.50. The van der Waals surface area contributed by atoms with E-state index in [0.29, 0.717) is 29.2 Å². The van der Waals surface area contributed by atoms with Gasteiger partial charge in [-0.3, -0.25) is 14.6 Å². The van der Waals surface area contributed by atoms with Crippen molar-refractivity contribution in [1.29, 1.82) is 0 Å². The lowest BCUT2D eigenvalue weighted by Crippen LogP contribution is -2.37. The highest BCUT2D eigenvalue weighted by Crippen LogP contribution is 2.45. The summed E-state index contributed by atoms with van der Waals surface area (Å²) < 4.78 is 16.1. The predicted octanol–water partition coefficient (Wildman–Crippen LogP) is 3.61. The zero-order valence-corrected chi connectivity index (χ0v) is 16.5. The van der Waals surface area contributed by atoms with Gasteiger partial charge in [0.25, 0.3) is 0 Å². The molecule has 1 heterocycles. The van der Waals surface area contributed by atoms with Crippen LogP contribution in [0.5, 0.6) is 11.5 Å². The van der Waals surface area contributed by atoms with Gasteiger partial charge in [-0.1, -0.05) is 18.7 Å². The molecule has 2 aliphatic rings. The summed E-state index contributed by atoms with van der Waals surface area (Å²) in [5.41, 5.74) is 2.85. The van der Waals surface area contributed by atoms with Crippen molar-refractivity contribution in [2.45, 2.75) is 32.1 Å². The van der Waals surface area contributed by atoms with E-state index in [4.69, 9.17) is 14.2 Å². The molecule has 0 radical (unpaired) electrons. The fourth-order valence-electron chi connectivity index (χ4n) is 3.95. The van der Waals surface area contributed by atoms with Crippen LogP contribution < -0.4 is 9.47 Å². The number of hydrogen-bond donors (Lipinski definition) is 0. The van der Waals surface area contributed by atoms with E-state index in [0.717, 1.165) is 24.1 Å². The Morgan fingerprint density at radius 2 is 2.00 bits per heavy atom. The van der Waals surface area contributed by atoms with Crippen LogP contribution in [-0.4, -0.2) is 38.3 Å². The monoisotopic (exact) mass is 383 g/mol. The number of hydrogen-bond acceptors (Lipinski definition) is 6. The van der Waals surface area contributed by atoms with Crippen molar-refractivity contribution in [1.82, 2.24) is 0 Å². The van der Waals surface area contributed by atoms with Crippen LogP contribution in [0.25, 0.3) is 0 Å².